The zero-order valence-corrected chi connectivity index (χ0v) is 14.1. The average Bonchev–Trinajstić information content (AvgIpc) is 2.92. The highest BCUT2D eigenvalue weighted by atomic mass is 79.9. The monoisotopic (exact) mass is 391 g/mol. The minimum atomic E-state index is -0.475. The molecule has 0 radical (unpaired) electrons. The van der Waals surface area contributed by atoms with E-state index in [9.17, 15) is 9.18 Å². The van der Waals surface area contributed by atoms with Gasteiger partial charge in [-0.15, -0.1) is 0 Å². The number of aromatic nitrogens is 2. The summed E-state index contributed by atoms with van der Waals surface area (Å²) < 4.78 is 16.2. The Balaban J connectivity index is 1.87. The Hall–Kier alpha value is -2.25. The van der Waals surface area contributed by atoms with Gasteiger partial charge < -0.3 is 10.3 Å². The second-order valence-corrected chi connectivity index (χ2v) is 6.10. The molecule has 2 N–H and O–H groups in total. The maximum Gasteiger partial charge on any atom is 0.255 e. The highest BCUT2D eigenvalue weighted by Gasteiger charge is 2.09. The fourth-order valence-corrected chi connectivity index (χ4v) is 2.84. The molecule has 3 aromatic rings. The Kier molecular flexibility index (Phi) is 4.40. The second-order valence-electron chi connectivity index (χ2n) is 4.80. The number of carbonyl (C=O) groups is 1. The predicted molar refractivity (Wildman–Crippen MR) is 93.0 cm³/mol. The number of amides is 1. The van der Waals surface area contributed by atoms with Crippen LogP contribution in [0.3, 0.4) is 0 Å². The molecule has 0 atom stereocenters. The molecule has 0 spiro atoms. The Labute approximate surface area is 145 Å². The summed E-state index contributed by atoms with van der Waals surface area (Å²) in [4.78, 5) is 15.2. The van der Waals surface area contributed by atoms with Gasteiger partial charge >= 0.3 is 0 Å². The van der Waals surface area contributed by atoms with Crippen LogP contribution >= 0.6 is 28.1 Å². The fourth-order valence-electron chi connectivity index (χ4n) is 2.15. The zero-order chi connectivity index (χ0) is 16.4. The van der Waals surface area contributed by atoms with Crippen LogP contribution in [0, 0.1) is 10.6 Å². The summed E-state index contributed by atoms with van der Waals surface area (Å²) in [5.74, 6) is -0.864. The third-order valence-corrected chi connectivity index (χ3v) is 3.93. The standard InChI is InChI=1S/C16H11BrFN3OS/c17-11-6-10(7-12(18)8-11)15(22)20-13-2-1-3-14(9-13)21-5-4-19-16(21)23/h1-9H,(H,19,23)(H,20,22). The Morgan fingerprint density at radius 1 is 1.26 bits per heavy atom. The first kappa shape index (κ1) is 15.6. The highest BCUT2D eigenvalue weighted by Crippen LogP contribution is 2.18. The Bertz CT molecular complexity index is 915. The molecule has 1 heterocycles. The molecule has 0 fully saturated rings. The van der Waals surface area contributed by atoms with Crippen molar-refractivity contribution in [2.24, 2.45) is 0 Å². The SMILES string of the molecule is O=C(Nc1cccc(-n2cc[nH]c2=S)c1)c1cc(F)cc(Br)c1. The molecule has 1 aromatic heterocycles. The number of rotatable bonds is 3. The summed E-state index contributed by atoms with van der Waals surface area (Å²) in [6.07, 6.45) is 3.53. The molecule has 4 nitrogen and oxygen atoms in total. The first-order valence-electron chi connectivity index (χ1n) is 6.67. The average molecular weight is 392 g/mol. The molecule has 3 rings (SSSR count). The third kappa shape index (κ3) is 3.57. The first-order chi connectivity index (χ1) is 11.0. The molecule has 0 bridgehead atoms. The van der Waals surface area contributed by atoms with Crippen molar-refractivity contribution in [1.82, 2.24) is 9.55 Å². The van der Waals surface area contributed by atoms with Crippen LogP contribution in [-0.2, 0) is 0 Å². The van der Waals surface area contributed by atoms with Crippen LogP contribution in [0.5, 0.6) is 0 Å². The van der Waals surface area contributed by atoms with Crippen molar-refractivity contribution in [2.75, 3.05) is 5.32 Å². The van der Waals surface area contributed by atoms with E-state index in [2.05, 4.69) is 26.2 Å². The smallest absolute Gasteiger partial charge is 0.255 e. The van der Waals surface area contributed by atoms with Crippen LogP contribution < -0.4 is 5.32 Å². The largest absolute Gasteiger partial charge is 0.337 e. The van der Waals surface area contributed by atoms with E-state index in [1.54, 1.807) is 41.2 Å². The molecule has 0 aliphatic heterocycles. The van der Waals surface area contributed by atoms with Crippen molar-refractivity contribution in [3.63, 3.8) is 0 Å². The van der Waals surface area contributed by atoms with E-state index in [4.69, 9.17) is 12.2 Å². The van der Waals surface area contributed by atoms with E-state index < -0.39 is 5.82 Å². The number of hydrogen-bond acceptors (Lipinski definition) is 2. The van der Waals surface area contributed by atoms with E-state index in [-0.39, 0.29) is 11.5 Å². The van der Waals surface area contributed by atoms with Crippen molar-refractivity contribution < 1.29 is 9.18 Å². The van der Waals surface area contributed by atoms with E-state index in [1.807, 2.05) is 6.07 Å². The first-order valence-corrected chi connectivity index (χ1v) is 7.87. The number of carbonyl (C=O) groups excluding carboxylic acids is 1. The van der Waals surface area contributed by atoms with Gasteiger partial charge in [0, 0.05) is 33.8 Å². The van der Waals surface area contributed by atoms with E-state index in [0.29, 0.717) is 14.9 Å². The molecule has 0 unspecified atom stereocenters. The van der Waals surface area contributed by atoms with Gasteiger partial charge in [0.25, 0.3) is 5.91 Å². The van der Waals surface area contributed by atoms with Crippen molar-refractivity contribution in [1.29, 1.82) is 0 Å². The number of benzene rings is 2. The molecule has 23 heavy (non-hydrogen) atoms. The van der Waals surface area contributed by atoms with Gasteiger partial charge in [0.1, 0.15) is 5.82 Å². The van der Waals surface area contributed by atoms with Crippen LogP contribution in [0.15, 0.2) is 59.3 Å². The van der Waals surface area contributed by atoms with Crippen molar-refractivity contribution in [3.8, 4) is 5.69 Å². The van der Waals surface area contributed by atoms with Crippen molar-refractivity contribution in [2.45, 2.75) is 0 Å². The van der Waals surface area contributed by atoms with Gasteiger partial charge in [-0.1, -0.05) is 22.0 Å². The lowest BCUT2D eigenvalue weighted by atomic mass is 10.2. The summed E-state index contributed by atoms with van der Waals surface area (Å²) in [6.45, 7) is 0. The molecule has 116 valence electrons. The lowest BCUT2D eigenvalue weighted by Gasteiger charge is -2.08. The minimum Gasteiger partial charge on any atom is -0.337 e. The van der Waals surface area contributed by atoms with Crippen LogP contribution in [0.25, 0.3) is 5.69 Å². The molecule has 7 heteroatoms. The van der Waals surface area contributed by atoms with Gasteiger partial charge in [-0.3, -0.25) is 9.36 Å². The topological polar surface area (TPSA) is 49.8 Å². The zero-order valence-electron chi connectivity index (χ0n) is 11.7. The van der Waals surface area contributed by atoms with Gasteiger partial charge in [0.05, 0.1) is 0 Å². The lowest BCUT2D eigenvalue weighted by Crippen LogP contribution is -2.12. The van der Waals surface area contributed by atoms with E-state index >= 15 is 0 Å². The maximum atomic E-state index is 13.4. The summed E-state index contributed by atoms with van der Waals surface area (Å²) in [5, 5.41) is 2.75. The van der Waals surface area contributed by atoms with Crippen molar-refractivity contribution >= 4 is 39.7 Å². The third-order valence-electron chi connectivity index (χ3n) is 3.16. The van der Waals surface area contributed by atoms with Crippen LogP contribution in [0.1, 0.15) is 10.4 Å². The molecule has 1 amide bonds. The van der Waals surface area contributed by atoms with Crippen LogP contribution in [0.4, 0.5) is 10.1 Å². The number of imidazole rings is 1. The normalized spacial score (nSPS) is 10.5. The Morgan fingerprint density at radius 3 is 2.78 bits per heavy atom. The van der Waals surface area contributed by atoms with E-state index in [1.165, 1.54) is 12.1 Å². The van der Waals surface area contributed by atoms with Crippen molar-refractivity contribution in [3.05, 3.63) is 75.5 Å². The van der Waals surface area contributed by atoms with E-state index in [0.717, 1.165) is 5.69 Å². The quantitative estimate of drug-likeness (QED) is 0.636. The maximum absolute atomic E-state index is 13.4. The molecule has 2 aromatic carbocycles. The molecular weight excluding hydrogens is 381 g/mol. The molecular formula is C16H11BrFN3OS. The Morgan fingerprint density at radius 2 is 2.09 bits per heavy atom. The molecule has 0 saturated heterocycles. The number of nitrogens with zero attached hydrogens (tertiary/aromatic N) is 1. The summed E-state index contributed by atoms with van der Waals surface area (Å²) >= 11 is 8.35. The number of anilines is 1. The second kappa shape index (κ2) is 6.47. The van der Waals surface area contributed by atoms with Gasteiger partial charge in [-0.25, -0.2) is 4.39 Å². The van der Waals surface area contributed by atoms with Gasteiger partial charge in [0.15, 0.2) is 4.77 Å². The van der Waals surface area contributed by atoms with Crippen LogP contribution in [0.2, 0.25) is 0 Å². The molecule has 0 aliphatic carbocycles. The van der Waals surface area contributed by atoms with Crippen LogP contribution in [-0.4, -0.2) is 15.5 Å². The van der Waals surface area contributed by atoms with Gasteiger partial charge in [0.2, 0.25) is 0 Å². The molecule has 0 aliphatic rings. The number of hydrogen-bond donors (Lipinski definition) is 2. The minimum absolute atomic E-state index is 0.237. The fraction of sp³-hybridized carbons (Fsp3) is 0. The number of aromatic amines is 1. The highest BCUT2D eigenvalue weighted by molar-refractivity contribution is 9.10. The summed E-state index contributed by atoms with van der Waals surface area (Å²) in [7, 11) is 0. The number of halogens is 2. The lowest BCUT2D eigenvalue weighted by molar-refractivity contribution is 0.102. The number of nitrogens with one attached hydrogen (secondary N) is 2. The number of H-pyrrole nitrogens is 1. The summed E-state index contributed by atoms with van der Waals surface area (Å²) in [6, 6.07) is 11.3. The molecule has 0 saturated carbocycles. The van der Waals surface area contributed by atoms with Gasteiger partial charge in [-0.2, -0.15) is 0 Å². The predicted octanol–water partition coefficient (Wildman–Crippen LogP) is 4.69. The van der Waals surface area contributed by atoms with Gasteiger partial charge in [-0.05, 0) is 48.6 Å². The summed E-state index contributed by atoms with van der Waals surface area (Å²) in [5.41, 5.74) is 1.64.